The number of nitrogens with zero attached hydrogens (tertiary/aromatic N) is 4. The number of carbonyl (C=O) groups excluding carboxylic acids is 1. The molecule has 0 aromatic heterocycles. The largest absolute Gasteiger partial charge is 0.368 e. The molecule has 9 nitrogen and oxygen atoms in total. The van der Waals surface area contributed by atoms with Crippen molar-refractivity contribution in [2.45, 2.75) is 6.42 Å². The van der Waals surface area contributed by atoms with E-state index in [1.807, 2.05) is 4.90 Å². The van der Waals surface area contributed by atoms with E-state index in [4.69, 9.17) is 0 Å². The highest BCUT2D eigenvalue weighted by Gasteiger charge is 2.25. The number of halogens is 1. The summed E-state index contributed by atoms with van der Waals surface area (Å²) < 4.78 is 13.0. The molecule has 0 radical (unpaired) electrons. The van der Waals surface area contributed by atoms with Gasteiger partial charge in [-0.2, -0.15) is 0 Å². The number of non-ortho nitro benzene ring substituents is 1. The number of nitro benzene ring substituents is 2. The van der Waals surface area contributed by atoms with E-state index >= 15 is 0 Å². The first kappa shape index (κ1) is 19.2. The molecular weight excluding hydrogens is 371 g/mol. The van der Waals surface area contributed by atoms with Gasteiger partial charge in [0.25, 0.3) is 11.4 Å². The number of piperazine rings is 1. The fraction of sp³-hybridized carbons (Fsp3) is 0.278. The lowest BCUT2D eigenvalue weighted by Crippen LogP contribution is -2.49. The summed E-state index contributed by atoms with van der Waals surface area (Å²) >= 11 is 0. The van der Waals surface area contributed by atoms with Crippen molar-refractivity contribution < 1.29 is 19.0 Å². The van der Waals surface area contributed by atoms with Crippen LogP contribution in [0.2, 0.25) is 0 Å². The molecule has 3 rings (SSSR count). The zero-order chi connectivity index (χ0) is 20.3. The first-order valence-corrected chi connectivity index (χ1v) is 8.55. The number of hydrogen-bond donors (Lipinski definition) is 0. The third-order valence-corrected chi connectivity index (χ3v) is 4.64. The maximum Gasteiger partial charge on any atom is 0.279 e. The van der Waals surface area contributed by atoms with E-state index < -0.39 is 21.2 Å². The summed E-state index contributed by atoms with van der Waals surface area (Å²) in [6.45, 7) is 1.97. The topological polar surface area (TPSA) is 110 Å². The van der Waals surface area contributed by atoms with Crippen LogP contribution in [0.3, 0.4) is 0 Å². The molecule has 0 spiro atoms. The van der Waals surface area contributed by atoms with Crippen LogP contribution in [0.15, 0.2) is 42.5 Å². The number of anilines is 1. The summed E-state index contributed by atoms with van der Waals surface area (Å²) in [4.78, 5) is 36.8. The van der Waals surface area contributed by atoms with E-state index in [1.54, 1.807) is 17.0 Å². The van der Waals surface area contributed by atoms with Crippen LogP contribution in [-0.4, -0.2) is 46.8 Å². The van der Waals surface area contributed by atoms with Crippen molar-refractivity contribution in [2.24, 2.45) is 0 Å². The summed E-state index contributed by atoms with van der Waals surface area (Å²) in [5.41, 5.74) is 0.171. The standard InChI is InChI=1S/C18H17FN4O5/c19-14-2-5-15(6-3-14)20-7-9-21(10-8-20)18(24)11-13-1-4-16(22(25)26)12-17(13)23(27)28/h1-6,12H,7-11H2. The highest BCUT2D eigenvalue weighted by Crippen LogP contribution is 2.26. The van der Waals surface area contributed by atoms with Crippen molar-refractivity contribution >= 4 is 23.0 Å². The van der Waals surface area contributed by atoms with E-state index in [9.17, 15) is 29.4 Å². The molecule has 0 aliphatic carbocycles. The van der Waals surface area contributed by atoms with Crippen molar-refractivity contribution in [3.05, 3.63) is 74.1 Å². The van der Waals surface area contributed by atoms with Crippen molar-refractivity contribution in [3.8, 4) is 0 Å². The van der Waals surface area contributed by atoms with Crippen LogP contribution in [-0.2, 0) is 11.2 Å². The number of nitro groups is 2. The van der Waals surface area contributed by atoms with Gasteiger partial charge in [0, 0.05) is 43.5 Å². The molecule has 2 aromatic carbocycles. The smallest absolute Gasteiger partial charge is 0.279 e. The normalized spacial score (nSPS) is 14.0. The van der Waals surface area contributed by atoms with E-state index in [0.717, 1.165) is 17.8 Å². The molecule has 1 amide bonds. The summed E-state index contributed by atoms with van der Waals surface area (Å²) in [6, 6.07) is 9.38. The molecule has 1 heterocycles. The van der Waals surface area contributed by atoms with Gasteiger partial charge in [-0.15, -0.1) is 0 Å². The monoisotopic (exact) mass is 388 g/mol. The van der Waals surface area contributed by atoms with Gasteiger partial charge < -0.3 is 9.80 Å². The molecule has 0 saturated carbocycles. The Hall–Kier alpha value is -3.56. The minimum absolute atomic E-state index is 0.140. The average Bonchev–Trinajstić information content (AvgIpc) is 2.68. The highest BCUT2D eigenvalue weighted by molar-refractivity contribution is 5.80. The van der Waals surface area contributed by atoms with E-state index in [1.165, 1.54) is 18.2 Å². The van der Waals surface area contributed by atoms with Gasteiger partial charge >= 0.3 is 0 Å². The summed E-state index contributed by atoms with van der Waals surface area (Å²) in [5.74, 6) is -0.599. The second kappa shape index (κ2) is 7.99. The van der Waals surface area contributed by atoms with Crippen molar-refractivity contribution in [1.82, 2.24) is 4.90 Å². The predicted octanol–water partition coefficient (Wildman–Crippen LogP) is 2.53. The van der Waals surface area contributed by atoms with Crippen LogP contribution in [0.1, 0.15) is 5.56 Å². The van der Waals surface area contributed by atoms with Crippen LogP contribution in [0.4, 0.5) is 21.5 Å². The van der Waals surface area contributed by atoms with Gasteiger partial charge in [-0.05, 0) is 30.3 Å². The van der Waals surface area contributed by atoms with Gasteiger partial charge in [0.1, 0.15) is 5.82 Å². The third-order valence-electron chi connectivity index (χ3n) is 4.64. The highest BCUT2D eigenvalue weighted by atomic mass is 19.1. The summed E-state index contributed by atoms with van der Waals surface area (Å²) in [7, 11) is 0. The Labute approximate surface area is 159 Å². The van der Waals surface area contributed by atoms with E-state index in [-0.39, 0.29) is 23.7 Å². The average molecular weight is 388 g/mol. The van der Waals surface area contributed by atoms with Gasteiger partial charge in [0.2, 0.25) is 5.91 Å². The molecule has 1 saturated heterocycles. The molecule has 0 atom stereocenters. The minimum Gasteiger partial charge on any atom is -0.368 e. The zero-order valence-electron chi connectivity index (χ0n) is 14.8. The van der Waals surface area contributed by atoms with Gasteiger partial charge in [-0.1, -0.05) is 0 Å². The van der Waals surface area contributed by atoms with Crippen LogP contribution in [0.25, 0.3) is 0 Å². The van der Waals surface area contributed by atoms with Crippen LogP contribution >= 0.6 is 0 Å². The lowest BCUT2D eigenvalue weighted by Gasteiger charge is -2.36. The Morgan fingerprint density at radius 2 is 1.61 bits per heavy atom. The second-order valence-electron chi connectivity index (χ2n) is 6.35. The van der Waals surface area contributed by atoms with Crippen LogP contribution < -0.4 is 4.90 Å². The lowest BCUT2D eigenvalue weighted by molar-refractivity contribution is -0.394. The first-order valence-electron chi connectivity index (χ1n) is 8.55. The summed E-state index contributed by atoms with van der Waals surface area (Å²) in [6.07, 6.45) is -0.204. The van der Waals surface area contributed by atoms with Gasteiger partial charge in [0.05, 0.1) is 22.3 Å². The molecule has 1 fully saturated rings. The molecule has 1 aliphatic heterocycles. The van der Waals surface area contributed by atoms with Crippen LogP contribution in [0, 0.1) is 26.0 Å². The quantitative estimate of drug-likeness (QED) is 0.575. The number of amides is 1. The molecule has 0 bridgehead atoms. The Morgan fingerprint density at radius 3 is 2.18 bits per heavy atom. The Bertz CT molecular complexity index is 911. The molecule has 2 aromatic rings. The van der Waals surface area contributed by atoms with Crippen molar-refractivity contribution in [2.75, 3.05) is 31.1 Å². The Kier molecular flexibility index (Phi) is 5.48. The molecule has 28 heavy (non-hydrogen) atoms. The van der Waals surface area contributed by atoms with Gasteiger partial charge in [-0.25, -0.2) is 4.39 Å². The van der Waals surface area contributed by atoms with E-state index in [2.05, 4.69) is 0 Å². The molecule has 146 valence electrons. The number of rotatable bonds is 5. The molecular formula is C18H17FN4O5. The zero-order valence-corrected chi connectivity index (χ0v) is 14.8. The Balaban J connectivity index is 1.65. The van der Waals surface area contributed by atoms with Crippen molar-refractivity contribution in [3.63, 3.8) is 0 Å². The molecule has 10 heteroatoms. The first-order chi connectivity index (χ1) is 13.3. The Morgan fingerprint density at radius 1 is 0.964 bits per heavy atom. The second-order valence-corrected chi connectivity index (χ2v) is 6.35. The lowest BCUT2D eigenvalue weighted by atomic mass is 10.1. The minimum atomic E-state index is -0.720. The van der Waals surface area contributed by atoms with Gasteiger partial charge in [-0.3, -0.25) is 25.0 Å². The fourth-order valence-electron chi connectivity index (χ4n) is 3.13. The van der Waals surface area contributed by atoms with Crippen LogP contribution in [0.5, 0.6) is 0 Å². The van der Waals surface area contributed by atoms with Gasteiger partial charge in [0.15, 0.2) is 0 Å². The molecule has 0 N–H and O–H groups in total. The predicted molar refractivity (Wildman–Crippen MR) is 98.6 cm³/mol. The maximum atomic E-state index is 13.0. The maximum absolute atomic E-state index is 13.0. The molecule has 0 unspecified atom stereocenters. The SMILES string of the molecule is O=C(Cc1ccc([N+](=O)[O-])cc1[N+](=O)[O-])N1CCN(c2ccc(F)cc2)CC1. The third kappa shape index (κ3) is 4.22. The van der Waals surface area contributed by atoms with Crippen molar-refractivity contribution in [1.29, 1.82) is 0 Å². The number of carbonyl (C=O) groups is 1. The number of hydrogen-bond acceptors (Lipinski definition) is 6. The fourth-order valence-corrected chi connectivity index (χ4v) is 3.13. The molecule has 1 aliphatic rings. The van der Waals surface area contributed by atoms with E-state index in [0.29, 0.717) is 26.2 Å². The summed E-state index contributed by atoms with van der Waals surface area (Å²) in [5, 5.41) is 22.0. The number of benzene rings is 2.